The van der Waals surface area contributed by atoms with Gasteiger partial charge in [-0.25, -0.2) is 0 Å². The van der Waals surface area contributed by atoms with Gasteiger partial charge in [-0.3, -0.25) is 4.79 Å². The van der Waals surface area contributed by atoms with Crippen molar-refractivity contribution >= 4 is 29.3 Å². The van der Waals surface area contributed by atoms with Crippen molar-refractivity contribution in [3.8, 4) is 0 Å². The maximum Gasteiger partial charge on any atom is 0.310 e. The van der Waals surface area contributed by atoms with Crippen molar-refractivity contribution in [1.29, 1.82) is 0 Å². The van der Waals surface area contributed by atoms with E-state index in [4.69, 9.17) is 16.7 Å². The molecule has 0 bridgehead atoms. The molecule has 1 N–H and O–H groups in total. The first-order chi connectivity index (χ1) is 8.59. The number of hydrogen-bond donors (Lipinski definition) is 1. The van der Waals surface area contributed by atoms with E-state index >= 15 is 0 Å². The minimum atomic E-state index is -0.812. The van der Waals surface area contributed by atoms with E-state index in [0.717, 1.165) is 23.4 Å². The zero-order valence-electron chi connectivity index (χ0n) is 10.4. The predicted octanol–water partition coefficient (Wildman–Crippen LogP) is 4.14. The number of benzene rings is 1. The zero-order chi connectivity index (χ0) is 13.1. The summed E-state index contributed by atoms with van der Waals surface area (Å²) >= 11 is 8.30. The third-order valence-corrected chi connectivity index (χ3v) is 4.93. The van der Waals surface area contributed by atoms with Crippen LogP contribution in [-0.4, -0.2) is 22.6 Å². The van der Waals surface area contributed by atoms with Gasteiger partial charge in [-0.1, -0.05) is 23.7 Å². The number of carboxylic acids is 1. The van der Waals surface area contributed by atoms with Gasteiger partial charge in [0.25, 0.3) is 0 Å². The summed E-state index contributed by atoms with van der Waals surface area (Å²) in [5.74, 6) is 1.60. The summed E-state index contributed by atoms with van der Waals surface area (Å²) in [5.41, 5.74) is 1.96. The zero-order valence-corrected chi connectivity index (χ0v) is 11.9. The molecule has 1 aromatic rings. The van der Waals surface area contributed by atoms with Crippen LogP contribution in [0.2, 0.25) is 5.02 Å². The second-order valence-electron chi connectivity index (χ2n) is 4.73. The van der Waals surface area contributed by atoms with Crippen LogP contribution in [0.5, 0.6) is 0 Å². The summed E-state index contributed by atoms with van der Waals surface area (Å²) in [6, 6.07) is 5.73. The van der Waals surface area contributed by atoms with Gasteiger partial charge in [0.1, 0.15) is 0 Å². The largest absolute Gasteiger partial charge is 0.481 e. The van der Waals surface area contributed by atoms with Gasteiger partial charge in [0.2, 0.25) is 0 Å². The van der Waals surface area contributed by atoms with Crippen molar-refractivity contribution in [3.05, 3.63) is 34.3 Å². The highest BCUT2D eigenvalue weighted by Crippen LogP contribution is 2.36. The molecule has 1 heterocycles. The van der Waals surface area contributed by atoms with Crippen molar-refractivity contribution in [2.24, 2.45) is 0 Å². The highest BCUT2D eigenvalue weighted by molar-refractivity contribution is 7.99. The van der Waals surface area contributed by atoms with Crippen molar-refractivity contribution in [2.45, 2.75) is 31.6 Å². The number of hydrogen-bond acceptors (Lipinski definition) is 2. The Kier molecular flexibility index (Phi) is 4.57. The summed E-state index contributed by atoms with van der Waals surface area (Å²) in [6.07, 6.45) is 2.33. The van der Waals surface area contributed by atoms with Crippen LogP contribution in [0.4, 0.5) is 0 Å². The molecule has 1 aliphatic rings. The van der Waals surface area contributed by atoms with E-state index < -0.39 is 11.9 Å². The Morgan fingerprint density at radius 2 is 2.11 bits per heavy atom. The molecule has 0 spiro atoms. The second kappa shape index (κ2) is 5.98. The maximum atomic E-state index is 11.0. The van der Waals surface area contributed by atoms with E-state index in [9.17, 15) is 4.79 Å². The van der Waals surface area contributed by atoms with E-state index in [1.807, 2.05) is 30.0 Å². The second-order valence-corrected chi connectivity index (χ2v) is 6.36. The molecular weight excluding hydrogens is 268 g/mol. The van der Waals surface area contributed by atoms with Crippen LogP contribution in [0.25, 0.3) is 0 Å². The molecule has 1 fully saturated rings. The van der Waals surface area contributed by atoms with E-state index in [1.54, 1.807) is 6.92 Å². The van der Waals surface area contributed by atoms with Crippen LogP contribution in [-0.2, 0) is 4.79 Å². The fraction of sp³-hybridized carbons (Fsp3) is 0.500. The third kappa shape index (κ3) is 3.01. The molecule has 0 amide bonds. The lowest BCUT2D eigenvalue weighted by molar-refractivity contribution is -0.138. The highest BCUT2D eigenvalue weighted by atomic mass is 35.5. The van der Waals surface area contributed by atoms with Crippen molar-refractivity contribution < 1.29 is 9.90 Å². The van der Waals surface area contributed by atoms with Crippen LogP contribution >= 0.6 is 23.4 Å². The van der Waals surface area contributed by atoms with E-state index in [-0.39, 0.29) is 0 Å². The monoisotopic (exact) mass is 284 g/mol. The Bertz CT molecular complexity index is 441. The summed E-state index contributed by atoms with van der Waals surface area (Å²) in [7, 11) is 0. The van der Waals surface area contributed by atoms with Gasteiger partial charge >= 0.3 is 5.97 Å². The molecule has 0 radical (unpaired) electrons. The predicted molar refractivity (Wildman–Crippen MR) is 76.8 cm³/mol. The number of thioether (sulfide) groups is 1. The van der Waals surface area contributed by atoms with Gasteiger partial charge in [-0.15, -0.1) is 0 Å². The van der Waals surface area contributed by atoms with Gasteiger partial charge in [-0.2, -0.15) is 11.8 Å². The standard InChI is InChI=1S/C14H17ClO2S/c1-9(14(16)17)11-2-3-12(13(15)8-11)10-4-6-18-7-5-10/h2-3,8-10H,4-7H2,1H3,(H,16,17). The minimum Gasteiger partial charge on any atom is -0.481 e. The van der Waals surface area contributed by atoms with Crippen LogP contribution < -0.4 is 0 Å². The molecule has 2 rings (SSSR count). The first-order valence-electron chi connectivity index (χ1n) is 6.19. The van der Waals surface area contributed by atoms with Gasteiger partial charge in [-0.05, 0) is 54.4 Å². The first-order valence-corrected chi connectivity index (χ1v) is 7.72. The Balaban J connectivity index is 2.21. The quantitative estimate of drug-likeness (QED) is 0.906. The average Bonchev–Trinajstić information content (AvgIpc) is 2.38. The van der Waals surface area contributed by atoms with Crippen molar-refractivity contribution in [2.75, 3.05) is 11.5 Å². The summed E-state index contributed by atoms with van der Waals surface area (Å²) < 4.78 is 0. The molecule has 0 aliphatic carbocycles. The molecule has 1 aromatic carbocycles. The Morgan fingerprint density at radius 1 is 1.44 bits per heavy atom. The van der Waals surface area contributed by atoms with Gasteiger partial charge in [0.15, 0.2) is 0 Å². The van der Waals surface area contributed by atoms with Gasteiger partial charge in [0, 0.05) is 5.02 Å². The average molecular weight is 285 g/mol. The number of carbonyl (C=O) groups is 1. The van der Waals surface area contributed by atoms with Crippen molar-refractivity contribution in [1.82, 2.24) is 0 Å². The molecule has 0 aromatic heterocycles. The first kappa shape index (κ1) is 13.8. The molecule has 98 valence electrons. The molecule has 2 nitrogen and oxygen atoms in total. The third-order valence-electron chi connectivity index (χ3n) is 3.56. The smallest absolute Gasteiger partial charge is 0.310 e. The van der Waals surface area contributed by atoms with Crippen LogP contribution in [0.1, 0.15) is 42.7 Å². The van der Waals surface area contributed by atoms with Crippen LogP contribution in [0.15, 0.2) is 18.2 Å². The Hall–Kier alpha value is -0.670. The lowest BCUT2D eigenvalue weighted by atomic mass is 9.91. The summed E-state index contributed by atoms with van der Waals surface area (Å²) in [4.78, 5) is 11.0. The van der Waals surface area contributed by atoms with E-state index in [1.165, 1.54) is 17.1 Å². The number of halogens is 1. The fourth-order valence-corrected chi connectivity index (χ4v) is 3.74. The maximum absolute atomic E-state index is 11.0. The molecule has 1 atom stereocenters. The lowest BCUT2D eigenvalue weighted by Crippen LogP contribution is -2.10. The molecule has 1 unspecified atom stereocenters. The number of aliphatic carboxylic acids is 1. The summed E-state index contributed by atoms with van der Waals surface area (Å²) in [6.45, 7) is 1.69. The van der Waals surface area contributed by atoms with E-state index in [2.05, 4.69) is 0 Å². The normalized spacial score (nSPS) is 18.6. The molecule has 18 heavy (non-hydrogen) atoms. The van der Waals surface area contributed by atoms with Gasteiger partial charge < -0.3 is 5.11 Å². The SMILES string of the molecule is CC(C(=O)O)c1ccc(C2CCSCC2)c(Cl)c1. The molecule has 4 heteroatoms. The molecule has 1 aliphatic heterocycles. The van der Waals surface area contributed by atoms with Crippen molar-refractivity contribution in [3.63, 3.8) is 0 Å². The van der Waals surface area contributed by atoms with Crippen LogP contribution in [0, 0.1) is 0 Å². The van der Waals surface area contributed by atoms with E-state index in [0.29, 0.717) is 5.92 Å². The fourth-order valence-electron chi connectivity index (χ4n) is 2.29. The molecular formula is C14H17ClO2S. The summed E-state index contributed by atoms with van der Waals surface area (Å²) in [5, 5.41) is 9.72. The van der Waals surface area contributed by atoms with Crippen LogP contribution in [0.3, 0.4) is 0 Å². The molecule has 1 saturated heterocycles. The highest BCUT2D eigenvalue weighted by Gasteiger charge is 2.20. The number of carboxylic acid groups (broad SMARTS) is 1. The lowest BCUT2D eigenvalue weighted by Gasteiger charge is -2.23. The van der Waals surface area contributed by atoms with Gasteiger partial charge in [0.05, 0.1) is 5.92 Å². The number of rotatable bonds is 3. The molecule has 0 saturated carbocycles. The Labute approximate surface area is 117 Å². The minimum absolute atomic E-state index is 0.501. The topological polar surface area (TPSA) is 37.3 Å². The Morgan fingerprint density at radius 3 is 2.67 bits per heavy atom.